The molecule has 2 aromatic heterocycles. The zero-order chi connectivity index (χ0) is 21.5. The molecule has 0 aliphatic heterocycles. The Labute approximate surface area is 168 Å². The Balaban J connectivity index is 1.94. The molecule has 0 saturated carbocycles. The Morgan fingerprint density at radius 2 is 1.83 bits per heavy atom. The van der Waals surface area contributed by atoms with Gasteiger partial charge in [-0.2, -0.15) is 4.98 Å². The molecule has 29 heavy (non-hydrogen) atoms. The number of ether oxygens (including phenoxy) is 1. The predicted molar refractivity (Wildman–Crippen MR) is 112 cm³/mol. The Morgan fingerprint density at radius 1 is 1.14 bits per heavy atom. The number of fused-ring (bicyclic) bond motifs is 1. The SMILES string of the molecule is Cc1ccc(OC[C@H](O)Cn2c(N(C)C)nc3c2c(=O)n(C)c(=O)n3C)cc1C. The van der Waals surface area contributed by atoms with Crippen LogP contribution >= 0.6 is 0 Å². The lowest BCUT2D eigenvalue weighted by atomic mass is 10.1. The summed E-state index contributed by atoms with van der Waals surface area (Å²) >= 11 is 0. The van der Waals surface area contributed by atoms with Gasteiger partial charge in [-0.1, -0.05) is 6.07 Å². The highest BCUT2D eigenvalue weighted by Gasteiger charge is 2.22. The molecule has 156 valence electrons. The summed E-state index contributed by atoms with van der Waals surface area (Å²) in [6.07, 6.45) is -0.880. The van der Waals surface area contributed by atoms with Gasteiger partial charge < -0.3 is 19.3 Å². The lowest BCUT2D eigenvalue weighted by Gasteiger charge is -2.18. The number of aliphatic hydroxyl groups excluding tert-OH is 1. The van der Waals surface area contributed by atoms with Crippen molar-refractivity contribution in [3.05, 3.63) is 50.2 Å². The molecule has 1 aromatic carbocycles. The highest BCUT2D eigenvalue weighted by molar-refractivity contribution is 5.74. The van der Waals surface area contributed by atoms with Crippen LogP contribution in [0.15, 0.2) is 27.8 Å². The Morgan fingerprint density at radius 3 is 2.45 bits per heavy atom. The normalized spacial score (nSPS) is 12.4. The molecule has 0 saturated heterocycles. The number of anilines is 1. The van der Waals surface area contributed by atoms with E-state index in [4.69, 9.17) is 4.74 Å². The zero-order valence-corrected chi connectivity index (χ0v) is 17.6. The fourth-order valence-electron chi connectivity index (χ4n) is 3.21. The minimum absolute atomic E-state index is 0.0567. The Hall–Kier alpha value is -3.07. The standard InChI is InChI=1S/C20H27N5O4/c1-12-7-8-15(9-13(12)2)29-11-14(26)10-25-16-17(21-19(25)22(3)4)23(5)20(28)24(6)18(16)27/h7-9,14,26H,10-11H2,1-6H3/t14-/m1/s1. The molecule has 3 rings (SSSR count). The Kier molecular flexibility index (Phi) is 5.52. The van der Waals surface area contributed by atoms with E-state index in [1.807, 2.05) is 32.0 Å². The van der Waals surface area contributed by atoms with Crippen molar-refractivity contribution in [3.8, 4) is 5.75 Å². The van der Waals surface area contributed by atoms with Gasteiger partial charge in [0.25, 0.3) is 5.56 Å². The number of hydrogen-bond acceptors (Lipinski definition) is 6. The lowest BCUT2D eigenvalue weighted by molar-refractivity contribution is 0.0936. The fourth-order valence-corrected chi connectivity index (χ4v) is 3.21. The molecule has 0 fully saturated rings. The van der Waals surface area contributed by atoms with Crippen LogP contribution in [-0.2, 0) is 20.6 Å². The van der Waals surface area contributed by atoms with Crippen LogP contribution in [0.2, 0.25) is 0 Å². The molecule has 0 amide bonds. The van der Waals surface area contributed by atoms with E-state index < -0.39 is 17.4 Å². The average molecular weight is 401 g/mol. The molecule has 0 aliphatic rings. The van der Waals surface area contributed by atoms with Crippen LogP contribution in [0.5, 0.6) is 5.75 Å². The topological polar surface area (TPSA) is 94.5 Å². The van der Waals surface area contributed by atoms with Crippen molar-refractivity contribution in [1.82, 2.24) is 18.7 Å². The van der Waals surface area contributed by atoms with E-state index in [1.54, 1.807) is 30.6 Å². The third-order valence-corrected chi connectivity index (χ3v) is 5.04. The van der Waals surface area contributed by atoms with Crippen molar-refractivity contribution >= 4 is 17.1 Å². The summed E-state index contributed by atoms with van der Waals surface area (Å²) in [4.78, 5) is 31.2. The number of aromatic nitrogens is 4. The van der Waals surface area contributed by atoms with Gasteiger partial charge in [0.2, 0.25) is 5.95 Å². The first-order valence-electron chi connectivity index (χ1n) is 9.33. The predicted octanol–water partition coefficient (Wildman–Crippen LogP) is 0.556. The van der Waals surface area contributed by atoms with Gasteiger partial charge in [0.15, 0.2) is 11.2 Å². The highest BCUT2D eigenvalue weighted by Crippen LogP contribution is 2.20. The van der Waals surface area contributed by atoms with Crippen molar-refractivity contribution < 1.29 is 9.84 Å². The molecule has 0 spiro atoms. The summed E-state index contributed by atoms with van der Waals surface area (Å²) in [5.74, 6) is 1.15. The van der Waals surface area contributed by atoms with Crippen LogP contribution in [-0.4, -0.2) is 50.6 Å². The van der Waals surface area contributed by atoms with E-state index >= 15 is 0 Å². The summed E-state index contributed by atoms with van der Waals surface area (Å²) in [6, 6.07) is 5.75. The van der Waals surface area contributed by atoms with Crippen LogP contribution in [0.4, 0.5) is 5.95 Å². The first kappa shape index (κ1) is 20.7. The number of benzene rings is 1. The van der Waals surface area contributed by atoms with Crippen molar-refractivity contribution in [2.75, 3.05) is 25.6 Å². The number of rotatable bonds is 6. The maximum atomic E-state index is 12.7. The van der Waals surface area contributed by atoms with Crippen molar-refractivity contribution in [1.29, 1.82) is 0 Å². The number of hydrogen-bond donors (Lipinski definition) is 1. The van der Waals surface area contributed by atoms with Gasteiger partial charge in [0.1, 0.15) is 18.5 Å². The molecule has 0 unspecified atom stereocenters. The van der Waals surface area contributed by atoms with E-state index in [0.29, 0.717) is 11.7 Å². The Bertz CT molecular complexity index is 1170. The second kappa shape index (κ2) is 7.75. The summed E-state index contributed by atoms with van der Waals surface area (Å²) in [6.45, 7) is 4.18. The van der Waals surface area contributed by atoms with Crippen molar-refractivity contribution in [2.24, 2.45) is 14.1 Å². The van der Waals surface area contributed by atoms with Gasteiger partial charge in [-0.05, 0) is 37.1 Å². The van der Waals surface area contributed by atoms with E-state index in [-0.39, 0.29) is 24.3 Å². The number of imidazole rings is 1. The summed E-state index contributed by atoms with van der Waals surface area (Å²) in [5.41, 5.74) is 1.92. The fraction of sp³-hybridized carbons (Fsp3) is 0.450. The van der Waals surface area contributed by atoms with Crippen LogP contribution in [0.3, 0.4) is 0 Å². The average Bonchev–Trinajstić information content (AvgIpc) is 3.05. The van der Waals surface area contributed by atoms with Gasteiger partial charge in [0, 0.05) is 28.2 Å². The summed E-state index contributed by atoms with van der Waals surface area (Å²) in [7, 11) is 6.58. The van der Waals surface area contributed by atoms with E-state index in [9.17, 15) is 14.7 Å². The minimum atomic E-state index is -0.880. The van der Waals surface area contributed by atoms with Crippen LogP contribution in [0.25, 0.3) is 11.2 Å². The minimum Gasteiger partial charge on any atom is -0.491 e. The molecule has 3 aromatic rings. The maximum absolute atomic E-state index is 12.7. The van der Waals surface area contributed by atoms with Crippen LogP contribution in [0, 0.1) is 13.8 Å². The maximum Gasteiger partial charge on any atom is 0.332 e. The summed E-state index contributed by atoms with van der Waals surface area (Å²) < 4.78 is 9.73. The van der Waals surface area contributed by atoms with Crippen LogP contribution < -0.4 is 20.9 Å². The largest absolute Gasteiger partial charge is 0.491 e. The lowest BCUT2D eigenvalue weighted by Crippen LogP contribution is -2.38. The first-order valence-corrected chi connectivity index (χ1v) is 9.33. The number of nitrogens with zero attached hydrogens (tertiary/aromatic N) is 5. The third-order valence-electron chi connectivity index (χ3n) is 5.04. The molecular formula is C20H27N5O4. The van der Waals surface area contributed by atoms with E-state index in [2.05, 4.69) is 4.98 Å². The second-order valence-corrected chi connectivity index (χ2v) is 7.51. The summed E-state index contributed by atoms with van der Waals surface area (Å²) in [5, 5.41) is 10.6. The van der Waals surface area contributed by atoms with Crippen molar-refractivity contribution in [2.45, 2.75) is 26.5 Å². The van der Waals surface area contributed by atoms with Gasteiger partial charge in [-0.3, -0.25) is 13.9 Å². The molecule has 1 N–H and O–H groups in total. The molecule has 0 bridgehead atoms. The zero-order valence-electron chi connectivity index (χ0n) is 17.6. The second-order valence-electron chi connectivity index (χ2n) is 7.51. The van der Waals surface area contributed by atoms with Crippen LogP contribution in [0.1, 0.15) is 11.1 Å². The highest BCUT2D eigenvalue weighted by atomic mass is 16.5. The first-order chi connectivity index (χ1) is 13.6. The molecule has 0 radical (unpaired) electrons. The quantitative estimate of drug-likeness (QED) is 0.649. The number of aryl methyl sites for hydroxylation is 3. The molecule has 9 heteroatoms. The van der Waals surface area contributed by atoms with Gasteiger partial charge in [0.05, 0.1) is 6.54 Å². The van der Waals surface area contributed by atoms with E-state index in [0.717, 1.165) is 10.1 Å². The van der Waals surface area contributed by atoms with Gasteiger partial charge >= 0.3 is 5.69 Å². The molecule has 1 atom stereocenters. The third kappa shape index (κ3) is 3.77. The number of aliphatic hydroxyl groups is 1. The smallest absolute Gasteiger partial charge is 0.332 e. The van der Waals surface area contributed by atoms with Crippen molar-refractivity contribution in [3.63, 3.8) is 0 Å². The molecule has 9 nitrogen and oxygen atoms in total. The monoisotopic (exact) mass is 401 g/mol. The molecular weight excluding hydrogens is 374 g/mol. The molecule has 2 heterocycles. The van der Waals surface area contributed by atoms with Gasteiger partial charge in [-0.25, -0.2) is 4.79 Å². The van der Waals surface area contributed by atoms with E-state index in [1.165, 1.54) is 17.2 Å². The molecule has 0 aliphatic carbocycles. The van der Waals surface area contributed by atoms with Gasteiger partial charge in [-0.15, -0.1) is 0 Å².